The van der Waals surface area contributed by atoms with E-state index in [1.807, 2.05) is 12.1 Å². The molecule has 0 unspecified atom stereocenters. The van der Waals surface area contributed by atoms with Crippen LogP contribution in [0.5, 0.6) is 0 Å². The van der Waals surface area contributed by atoms with Crippen LogP contribution in [-0.2, 0) is 16.0 Å². The van der Waals surface area contributed by atoms with Crippen LogP contribution in [-0.4, -0.2) is 25.0 Å². The van der Waals surface area contributed by atoms with Crippen LogP contribution in [0, 0.1) is 21.0 Å². The molecule has 25 heavy (non-hydrogen) atoms. The molecule has 2 aromatic carbocycles. The summed E-state index contributed by atoms with van der Waals surface area (Å²) in [7, 11) is 1.13. The van der Waals surface area contributed by atoms with Gasteiger partial charge in [-0.3, -0.25) is 4.79 Å². The first-order valence-corrected chi connectivity index (χ1v) is 8.17. The summed E-state index contributed by atoms with van der Waals surface area (Å²) in [5, 5.41) is 2.23. The average molecular weight is 463 g/mol. The van der Waals surface area contributed by atoms with E-state index in [0.29, 0.717) is 12.1 Å². The monoisotopic (exact) mass is 463 g/mol. The molecular formula is C17H13F3INO3. The van der Waals surface area contributed by atoms with Crippen molar-refractivity contribution in [2.24, 2.45) is 0 Å². The SMILES string of the molecule is COC(=O)[C@@H](Cc1ccc(I)cc1)NC(=O)c1c(F)cc(F)cc1F. The molecule has 0 radical (unpaired) electrons. The minimum Gasteiger partial charge on any atom is -0.467 e. The van der Waals surface area contributed by atoms with Crippen LogP contribution in [0.1, 0.15) is 15.9 Å². The van der Waals surface area contributed by atoms with Gasteiger partial charge in [-0.2, -0.15) is 0 Å². The van der Waals surface area contributed by atoms with E-state index in [1.165, 1.54) is 0 Å². The fourth-order valence-electron chi connectivity index (χ4n) is 2.18. The van der Waals surface area contributed by atoms with Gasteiger partial charge in [-0.05, 0) is 40.3 Å². The maximum absolute atomic E-state index is 13.7. The Hall–Kier alpha value is -2.10. The van der Waals surface area contributed by atoms with E-state index in [2.05, 4.69) is 32.6 Å². The standard InChI is InChI=1S/C17H13F3INO3/c1-25-17(24)14(6-9-2-4-11(21)5-3-9)22-16(23)15-12(19)7-10(18)8-13(15)20/h2-5,7-8,14H,6H2,1H3,(H,22,23)/t14-/m1/s1. The Morgan fingerprint density at radius 3 is 2.20 bits per heavy atom. The molecule has 0 aliphatic rings. The number of nitrogens with one attached hydrogen (secondary N) is 1. The van der Waals surface area contributed by atoms with E-state index in [1.54, 1.807) is 12.1 Å². The Bertz CT molecular complexity index is 773. The molecule has 0 saturated carbocycles. The van der Waals surface area contributed by atoms with Gasteiger partial charge < -0.3 is 10.1 Å². The first-order valence-electron chi connectivity index (χ1n) is 7.09. The van der Waals surface area contributed by atoms with Crippen molar-refractivity contribution in [3.63, 3.8) is 0 Å². The van der Waals surface area contributed by atoms with E-state index < -0.39 is 40.9 Å². The summed E-state index contributed by atoms with van der Waals surface area (Å²) in [6, 6.07) is 6.76. The van der Waals surface area contributed by atoms with Crippen LogP contribution in [0.3, 0.4) is 0 Å². The van der Waals surface area contributed by atoms with Crippen LogP contribution < -0.4 is 5.32 Å². The molecular weight excluding hydrogens is 450 g/mol. The minimum atomic E-state index is -1.35. The minimum absolute atomic E-state index is 0.0692. The molecule has 2 aromatic rings. The van der Waals surface area contributed by atoms with Crippen LogP contribution in [0.2, 0.25) is 0 Å². The van der Waals surface area contributed by atoms with Gasteiger partial charge in [0.15, 0.2) is 0 Å². The summed E-state index contributed by atoms with van der Waals surface area (Å²) in [5.74, 6) is -5.79. The number of amides is 1. The zero-order valence-electron chi connectivity index (χ0n) is 13.0. The predicted molar refractivity (Wildman–Crippen MR) is 92.4 cm³/mol. The third-order valence-corrected chi connectivity index (χ3v) is 4.10. The summed E-state index contributed by atoms with van der Waals surface area (Å²) in [4.78, 5) is 24.0. The number of esters is 1. The number of methoxy groups -OCH3 is 1. The van der Waals surface area contributed by atoms with Crippen LogP contribution in [0.25, 0.3) is 0 Å². The topological polar surface area (TPSA) is 55.4 Å². The molecule has 2 rings (SSSR count). The normalized spacial score (nSPS) is 11.7. The number of rotatable bonds is 5. The molecule has 132 valence electrons. The second-order valence-electron chi connectivity index (χ2n) is 5.12. The average Bonchev–Trinajstić information content (AvgIpc) is 2.54. The van der Waals surface area contributed by atoms with Crippen LogP contribution in [0.15, 0.2) is 36.4 Å². The molecule has 0 aliphatic carbocycles. The highest BCUT2D eigenvalue weighted by molar-refractivity contribution is 14.1. The van der Waals surface area contributed by atoms with Gasteiger partial charge in [0.1, 0.15) is 29.1 Å². The first kappa shape index (κ1) is 19.2. The molecule has 4 nitrogen and oxygen atoms in total. The molecule has 1 N–H and O–H groups in total. The molecule has 0 bridgehead atoms. The quantitative estimate of drug-likeness (QED) is 0.548. The lowest BCUT2D eigenvalue weighted by molar-refractivity contribution is -0.142. The van der Waals surface area contributed by atoms with Crippen molar-refractivity contribution in [2.75, 3.05) is 7.11 Å². The summed E-state index contributed by atoms with van der Waals surface area (Å²) in [6.07, 6.45) is 0.0692. The van der Waals surface area contributed by atoms with Crippen molar-refractivity contribution in [1.29, 1.82) is 0 Å². The Labute approximate surface area is 155 Å². The number of ether oxygens (including phenoxy) is 1. The molecule has 0 spiro atoms. The zero-order chi connectivity index (χ0) is 18.6. The van der Waals surface area contributed by atoms with Crippen LogP contribution >= 0.6 is 22.6 Å². The van der Waals surface area contributed by atoms with Gasteiger partial charge in [-0.1, -0.05) is 12.1 Å². The maximum atomic E-state index is 13.7. The summed E-state index contributed by atoms with van der Waals surface area (Å²) >= 11 is 2.11. The Morgan fingerprint density at radius 2 is 1.68 bits per heavy atom. The second-order valence-corrected chi connectivity index (χ2v) is 6.37. The molecule has 0 aromatic heterocycles. The number of hydrogen-bond donors (Lipinski definition) is 1. The Kier molecular flexibility index (Phi) is 6.40. The van der Waals surface area contributed by atoms with Gasteiger partial charge in [0.05, 0.1) is 7.11 Å². The highest BCUT2D eigenvalue weighted by Gasteiger charge is 2.26. The number of benzene rings is 2. The number of carbonyl (C=O) groups excluding carboxylic acids is 2. The lowest BCUT2D eigenvalue weighted by atomic mass is 10.1. The summed E-state index contributed by atoms with van der Waals surface area (Å²) in [5.41, 5.74) is -0.242. The van der Waals surface area contributed by atoms with Gasteiger partial charge in [-0.15, -0.1) is 0 Å². The van der Waals surface area contributed by atoms with E-state index >= 15 is 0 Å². The molecule has 1 atom stereocenters. The highest BCUT2D eigenvalue weighted by Crippen LogP contribution is 2.16. The molecule has 8 heteroatoms. The van der Waals surface area contributed by atoms with Gasteiger partial charge in [0, 0.05) is 22.1 Å². The second kappa shape index (κ2) is 8.32. The Morgan fingerprint density at radius 1 is 1.12 bits per heavy atom. The van der Waals surface area contributed by atoms with Crippen molar-refractivity contribution in [3.8, 4) is 0 Å². The molecule has 1 amide bonds. The highest BCUT2D eigenvalue weighted by atomic mass is 127. The van der Waals surface area contributed by atoms with Crippen molar-refractivity contribution in [3.05, 3.63) is 68.5 Å². The number of halogens is 4. The van der Waals surface area contributed by atoms with Crippen molar-refractivity contribution >= 4 is 34.5 Å². The molecule has 0 saturated heterocycles. The zero-order valence-corrected chi connectivity index (χ0v) is 15.1. The van der Waals surface area contributed by atoms with E-state index in [-0.39, 0.29) is 6.42 Å². The molecule has 0 aliphatic heterocycles. The van der Waals surface area contributed by atoms with E-state index in [4.69, 9.17) is 0 Å². The smallest absolute Gasteiger partial charge is 0.328 e. The predicted octanol–water partition coefficient (Wildman–Crippen LogP) is 3.22. The van der Waals surface area contributed by atoms with Gasteiger partial charge in [0.25, 0.3) is 5.91 Å². The number of carbonyl (C=O) groups is 2. The Balaban J connectivity index is 2.23. The fraction of sp³-hybridized carbons (Fsp3) is 0.176. The summed E-state index contributed by atoms with van der Waals surface area (Å²) < 4.78 is 46.0. The van der Waals surface area contributed by atoms with Gasteiger partial charge in [-0.25, -0.2) is 18.0 Å². The van der Waals surface area contributed by atoms with E-state index in [0.717, 1.165) is 16.2 Å². The largest absolute Gasteiger partial charge is 0.467 e. The number of hydrogen-bond acceptors (Lipinski definition) is 3. The third kappa shape index (κ3) is 4.94. The van der Waals surface area contributed by atoms with Crippen LogP contribution in [0.4, 0.5) is 13.2 Å². The van der Waals surface area contributed by atoms with Crippen molar-refractivity contribution in [2.45, 2.75) is 12.5 Å². The van der Waals surface area contributed by atoms with Gasteiger partial charge in [0.2, 0.25) is 0 Å². The summed E-state index contributed by atoms with van der Waals surface area (Å²) in [6.45, 7) is 0. The van der Waals surface area contributed by atoms with Crippen molar-refractivity contribution in [1.82, 2.24) is 5.32 Å². The molecule has 0 heterocycles. The third-order valence-electron chi connectivity index (χ3n) is 3.38. The van der Waals surface area contributed by atoms with E-state index in [9.17, 15) is 22.8 Å². The lowest BCUT2D eigenvalue weighted by Crippen LogP contribution is -2.43. The van der Waals surface area contributed by atoms with Gasteiger partial charge >= 0.3 is 5.97 Å². The lowest BCUT2D eigenvalue weighted by Gasteiger charge is -2.17. The first-order chi connectivity index (χ1) is 11.8. The molecule has 0 fully saturated rings. The van der Waals surface area contributed by atoms with Crippen molar-refractivity contribution < 1.29 is 27.5 Å². The maximum Gasteiger partial charge on any atom is 0.328 e. The fourth-order valence-corrected chi connectivity index (χ4v) is 2.54.